The zero-order chi connectivity index (χ0) is 15.7. The van der Waals surface area contributed by atoms with Crippen LogP contribution in [-0.2, 0) is 11.8 Å². The van der Waals surface area contributed by atoms with Crippen molar-refractivity contribution in [2.45, 2.75) is 25.6 Å². The molecule has 0 radical (unpaired) electrons. The molecule has 1 aromatic carbocycles. The lowest BCUT2D eigenvalue weighted by Gasteiger charge is -1.98. The second-order valence-electron chi connectivity index (χ2n) is 4.89. The summed E-state index contributed by atoms with van der Waals surface area (Å²) in [5.41, 5.74) is 3.28. The SMILES string of the molecule is Cc1oc(-c2ccc(-c3nc(CCl)c(C)o3)cc2)nc1CCl. The molecule has 0 spiro atoms. The predicted octanol–water partition coefficient (Wildman–Crippen LogP) is 5.09. The molecule has 0 bridgehead atoms. The zero-order valence-electron chi connectivity index (χ0n) is 12.2. The molecule has 2 aromatic heterocycles. The van der Waals surface area contributed by atoms with Gasteiger partial charge >= 0.3 is 0 Å². The van der Waals surface area contributed by atoms with Gasteiger partial charge in [0.2, 0.25) is 11.8 Å². The molecule has 3 aromatic rings. The number of halogens is 2. The first kappa shape index (κ1) is 15.1. The summed E-state index contributed by atoms with van der Waals surface area (Å²) in [5, 5.41) is 0. The van der Waals surface area contributed by atoms with Gasteiger partial charge in [-0.2, -0.15) is 0 Å². The molecule has 0 aliphatic rings. The van der Waals surface area contributed by atoms with Crippen molar-refractivity contribution >= 4 is 23.2 Å². The molecule has 0 saturated carbocycles. The molecule has 6 heteroatoms. The Bertz CT molecular complexity index is 724. The number of aromatic nitrogens is 2. The summed E-state index contributed by atoms with van der Waals surface area (Å²) in [5.74, 6) is 3.27. The summed E-state index contributed by atoms with van der Waals surface area (Å²) in [6.45, 7) is 3.71. The molecule has 3 rings (SSSR count). The first-order valence-corrected chi connectivity index (χ1v) is 7.84. The minimum atomic E-state index is 0.338. The molecular weight excluding hydrogens is 323 g/mol. The second kappa shape index (κ2) is 6.15. The van der Waals surface area contributed by atoms with E-state index in [9.17, 15) is 0 Å². The Balaban J connectivity index is 1.91. The summed E-state index contributed by atoms with van der Waals surface area (Å²) >= 11 is 11.6. The van der Waals surface area contributed by atoms with E-state index in [4.69, 9.17) is 32.0 Å². The molecule has 0 N–H and O–H groups in total. The molecule has 2 heterocycles. The number of hydrogen-bond donors (Lipinski definition) is 0. The van der Waals surface area contributed by atoms with Crippen molar-refractivity contribution in [3.05, 3.63) is 47.2 Å². The van der Waals surface area contributed by atoms with E-state index >= 15 is 0 Å². The molecular formula is C16H14Cl2N2O2. The Labute approximate surface area is 138 Å². The van der Waals surface area contributed by atoms with Gasteiger partial charge in [0.15, 0.2) is 0 Å². The van der Waals surface area contributed by atoms with Crippen LogP contribution in [0, 0.1) is 13.8 Å². The normalized spacial score (nSPS) is 11.1. The molecule has 0 fully saturated rings. The lowest BCUT2D eigenvalue weighted by molar-refractivity contribution is 0.539. The highest BCUT2D eigenvalue weighted by atomic mass is 35.5. The van der Waals surface area contributed by atoms with Crippen LogP contribution in [0.3, 0.4) is 0 Å². The predicted molar refractivity (Wildman–Crippen MR) is 86.0 cm³/mol. The fourth-order valence-corrected chi connectivity index (χ4v) is 2.60. The standard InChI is InChI=1S/C16H14Cl2N2O2/c1-9-13(7-17)19-15(21-9)11-3-5-12(6-4-11)16-20-14(8-18)10(2)22-16/h3-6H,7-8H2,1-2H3. The van der Waals surface area contributed by atoms with Crippen LogP contribution in [0.2, 0.25) is 0 Å². The number of aryl methyl sites for hydroxylation is 2. The van der Waals surface area contributed by atoms with Gasteiger partial charge in [-0.3, -0.25) is 0 Å². The van der Waals surface area contributed by atoms with Gasteiger partial charge in [0.25, 0.3) is 0 Å². The topological polar surface area (TPSA) is 52.1 Å². The van der Waals surface area contributed by atoms with E-state index in [1.165, 1.54) is 0 Å². The van der Waals surface area contributed by atoms with Crippen molar-refractivity contribution in [3.8, 4) is 22.9 Å². The number of oxazole rings is 2. The third-order valence-electron chi connectivity index (χ3n) is 3.42. The van der Waals surface area contributed by atoms with Crippen molar-refractivity contribution in [3.63, 3.8) is 0 Å². The number of rotatable bonds is 4. The third-order valence-corrected chi connectivity index (χ3v) is 3.92. The van der Waals surface area contributed by atoms with Gasteiger partial charge in [-0.05, 0) is 38.1 Å². The Morgan fingerprint density at radius 1 is 0.773 bits per heavy atom. The van der Waals surface area contributed by atoms with Crippen LogP contribution in [0.4, 0.5) is 0 Å². The van der Waals surface area contributed by atoms with Gasteiger partial charge in [0.1, 0.15) is 11.5 Å². The van der Waals surface area contributed by atoms with E-state index in [2.05, 4.69) is 9.97 Å². The van der Waals surface area contributed by atoms with E-state index in [-0.39, 0.29) is 0 Å². The van der Waals surface area contributed by atoms with E-state index in [1.54, 1.807) is 0 Å². The molecule has 0 aliphatic carbocycles. The Morgan fingerprint density at radius 2 is 1.14 bits per heavy atom. The summed E-state index contributed by atoms with van der Waals surface area (Å²) in [6, 6.07) is 7.66. The fourth-order valence-electron chi connectivity index (χ4n) is 2.11. The van der Waals surface area contributed by atoms with Crippen LogP contribution in [0.1, 0.15) is 22.9 Å². The van der Waals surface area contributed by atoms with Crippen molar-refractivity contribution in [1.29, 1.82) is 0 Å². The molecule has 22 heavy (non-hydrogen) atoms. The minimum absolute atomic E-state index is 0.338. The molecule has 0 atom stereocenters. The van der Waals surface area contributed by atoms with E-state index in [1.807, 2.05) is 38.1 Å². The maximum atomic E-state index is 5.82. The highest BCUT2D eigenvalue weighted by Gasteiger charge is 2.13. The van der Waals surface area contributed by atoms with Gasteiger partial charge in [-0.15, -0.1) is 23.2 Å². The van der Waals surface area contributed by atoms with Gasteiger partial charge < -0.3 is 8.83 Å². The minimum Gasteiger partial charge on any atom is -0.441 e. The largest absolute Gasteiger partial charge is 0.441 e. The average Bonchev–Trinajstić information content (AvgIpc) is 3.10. The summed E-state index contributed by atoms with van der Waals surface area (Å²) in [4.78, 5) is 8.75. The lowest BCUT2D eigenvalue weighted by atomic mass is 10.1. The van der Waals surface area contributed by atoms with Gasteiger partial charge in [-0.25, -0.2) is 9.97 Å². The van der Waals surface area contributed by atoms with Crippen molar-refractivity contribution in [2.24, 2.45) is 0 Å². The molecule has 0 saturated heterocycles. The Hall–Kier alpha value is -1.78. The van der Waals surface area contributed by atoms with Crippen molar-refractivity contribution in [1.82, 2.24) is 9.97 Å². The number of hydrogen-bond acceptors (Lipinski definition) is 4. The van der Waals surface area contributed by atoms with Gasteiger partial charge in [0, 0.05) is 11.1 Å². The fraction of sp³-hybridized carbons (Fsp3) is 0.250. The summed E-state index contributed by atoms with van der Waals surface area (Å²) < 4.78 is 11.3. The van der Waals surface area contributed by atoms with E-state index in [0.717, 1.165) is 34.0 Å². The number of benzene rings is 1. The number of alkyl halides is 2. The van der Waals surface area contributed by atoms with Crippen molar-refractivity contribution in [2.75, 3.05) is 0 Å². The number of nitrogens with zero attached hydrogens (tertiary/aromatic N) is 2. The Morgan fingerprint density at radius 3 is 1.41 bits per heavy atom. The van der Waals surface area contributed by atoms with Crippen LogP contribution in [0.15, 0.2) is 33.1 Å². The highest BCUT2D eigenvalue weighted by Crippen LogP contribution is 2.27. The van der Waals surface area contributed by atoms with Crippen molar-refractivity contribution < 1.29 is 8.83 Å². The van der Waals surface area contributed by atoms with E-state index < -0.39 is 0 Å². The quantitative estimate of drug-likeness (QED) is 0.622. The van der Waals surface area contributed by atoms with E-state index in [0.29, 0.717) is 23.5 Å². The smallest absolute Gasteiger partial charge is 0.226 e. The third kappa shape index (κ3) is 2.76. The van der Waals surface area contributed by atoms with Crippen LogP contribution in [0.5, 0.6) is 0 Å². The molecule has 0 aliphatic heterocycles. The highest BCUT2D eigenvalue weighted by molar-refractivity contribution is 6.17. The van der Waals surface area contributed by atoms with Crippen LogP contribution in [0.25, 0.3) is 22.9 Å². The van der Waals surface area contributed by atoms with Gasteiger partial charge in [-0.1, -0.05) is 0 Å². The molecule has 114 valence electrons. The maximum absolute atomic E-state index is 5.82. The molecule has 4 nitrogen and oxygen atoms in total. The first-order valence-electron chi connectivity index (χ1n) is 6.77. The summed E-state index contributed by atoms with van der Waals surface area (Å²) in [7, 11) is 0. The average molecular weight is 337 g/mol. The van der Waals surface area contributed by atoms with Gasteiger partial charge in [0.05, 0.1) is 23.1 Å². The molecule has 0 amide bonds. The summed E-state index contributed by atoms with van der Waals surface area (Å²) in [6.07, 6.45) is 0. The molecule has 0 unspecified atom stereocenters. The first-order chi connectivity index (χ1) is 10.6. The van der Waals surface area contributed by atoms with Crippen LogP contribution < -0.4 is 0 Å². The Kier molecular flexibility index (Phi) is 4.23. The maximum Gasteiger partial charge on any atom is 0.226 e. The second-order valence-corrected chi connectivity index (χ2v) is 5.42. The van der Waals surface area contributed by atoms with Crippen LogP contribution in [-0.4, -0.2) is 9.97 Å². The lowest BCUT2D eigenvalue weighted by Crippen LogP contribution is -1.83. The van der Waals surface area contributed by atoms with Crippen LogP contribution >= 0.6 is 23.2 Å². The monoisotopic (exact) mass is 336 g/mol. The zero-order valence-corrected chi connectivity index (χ0v) is 13.7.